The summed E-state index contributed by atoms with van der Waals surface area (Å²) < 4.78 is 0. The summed E-state index contributed by atoms with van der Waals surface area (Å²) in [5, 5.41) is 16.9. The van der Waals surface area contributed by atoms with Crippen LogP contribution in [-0.2, 0) is 4.79 Å². The molecule has 19 heavy (non-hydrogen) atoms. The summed E-state index contributed by atoms with van der Waals surface area (Å²) in [5.41, 5.74) is 2.85. The first kappa shape index (κ1) is 13.1. The van der Waals surface area contributed by atoms with Gasteiger partial charge in [0.05, 0.1) is 4.92 Å². The summed E-state index contributed by atoms with van der Waals surface area (Å²) in [5.74, 6) is 5.27. The van der Waals surface area contributed by atoms with E-state index in [9.17, 15) is 14.9 Å². The SMILES string of the molecule is NNc1cccc(NC2CCC(=O)NC2)c1[N+](=O)[O-]. The van der Waals surface area contributed by atoms with Crippen molar-refractivity contribution in [1.82, 2.24) is 5.32 Å². The number of nitrogens with one attached hydrogen (secondary N) is 3. The number of benzene rings is 1. The predicted octanol–water partition coefficient (Wildman–Crippen LogP) is 0.571. The number of carbonyl (C=O) groups excluding carboxylic acids is 1. The molecule has 0 radical (unpaired) electrons. The van der Waals surface area contributed by atoms with E-state index < -0.39 is 4.92 Å². The van der Waals surface area contributed by atoms with Crippen molar-refractivity contribution >= 4 is 23.0 Å². The molecule has 1 atom stereocenters. The lowest BCUT2D eigenvalue weighted by Crippen LogP contribution is -2.42. The molecule has 2 rings (SSSR count). The van der Waals surface area contributed by atoms with E-state index in [0.29, 0.717) is 25.1 Å². The van der Waals surface area contributed by atoms with Crippen LogP contribution >= 0.6 is 0 Å². The maximum Gasteiger partial charge on any atom is 0.316 e. The van der Waals surface area contributed by atoms with Crippen LogP contribution in [0.15, 0.2) is 18.2 Å². The van der Waals surface area contributed by atoms with Crippen LogP contribution in [0, 0.1) is 10.1 Å². The second-order valence-electron chi connectivity index (χ2n) is 4.29. The van der Waals surface area contributed by atoms with Crippen molar-refractivity contribution in [3.63, 3.8) is 0 Å². The van der Waals surface area contributed by atoms with Crippen LogP contribution in [-0.4, -0.2) is 23.4 Å². The molecule has 0 aliphatic carbocycles. The number of anilines is 2. The summed E-state index contributed by atoms with van der Waals surface area (Å²) in [7, 11) is 0. The van der Waals surface area contributed by atoms with E-state index in [0.717, 1.165) is 0 Å². The van der Waals surface area contributed by atoms with Crippen LogP contribution in [0.1, 0.15) is 12.8 Å². The van der Waals surface area contributed by atoms with E-state index in [-0.39, 0.29) is 23.3 Å². The number of carbonyl (C=O) groups is 1. The molecule has 8 heteroatoms. The number of nitrogens with two attached hydrogens (primary N) is 1. The third kappa shape index (κ3) is 2.91. The van der Waals surface area contributed by atoms with E-state index in [1.807, 2.05) is 0 Å². The van der Waals surface area contributed by atoms with Gasteiger partial charge in [0.1, 0.15) is 11.4 Å². The highest BCUT2D eigenvalue weighted by Gasteiger charge is 2.23. The fourth-order valence-electron chi connectivity index (χ4n) is 2.05. The van der Waals surface area contributed by atoms with Crippen molar-refractivity contribution in [3.05, 3.63) is 28.3 Å². The van der Waals surface area contributed by atoms with E-state index in [2.05, 4.69) is 16.1 Å². The topological polar surface area (TPSA) is 122 Å². The fourth-order valence-corrected chi connectivity index (χ4v) is 2.05. The molecule has 1 saturated heterocycles. The molecule has 1 heterocycles. The highest BCUT2D eigenvalue weighted by molar-refractivity contribution is 5.78. The summed E-state index contributed by atoms with van der Waals surface area (Å²) in [6.07, 6.45) is 1.06. The normalized spacial score (nSPS) is 18.6. The number of nitrogens with zero attached hydrogens (tertiary/aromatic N) is 1. The van der Waals surface area contributed by atoms with Crippen molar-refractivity contribution in [1.29, 1.82) is 0 Å². The maximum atomic E-state index is 11.1. The molecular weight excluding hydrogens is 250 g/mol. The average molecular weight is 265 g/mol. The number of hydrogen-bond donors (Lipinski definition) is 4. The number of amides is 1. The van der Waals surface area contributed by atoms with Crippen LogP contribution in [0.25, 0.3) is 0 Å². The van der Waals surface area contributed by atoms with Crippen molar-refractivity contribution in [2.45, 2.75) is 18.9 Å². The summed E-state index contributed by atoms with van der Waals surface area (Å²) >= 11 is 0. The monoisotopic (exact) mass is 265 g/mol. The van der Waals surface area contributed by atoms with Gasteiger partial charge in [-0.25, -0.2) is 0 Å². The number of nitro groups is 1. The van der Waals surface area contributed by atoms with Gasteiger partial charge in [-0.3, -0.25) is 20.8 Å². The fraction of sp³-hybridized carbons (Fsp3) is 0.364. The first-order valence-electron chi connectivity index (χ1n) is 5.89. The Bertz CT molecular complexity index is 495. The lowest BCUT2D eigenvalue weighted by molar-refractivity contribution is -0.383. The molecule has 102 valence electrons. The third-order valence-electron chi connectivity index (χ3n) is 3.00. The molecule has 1 aliphatic heterocycles. The first-order valence-corrected chi connectivity index (χ1v) is 5.89. The molecule has 0 saturated carbocycles. The molecule has 0 spiro atoms. The Labute approximate surface area is 109 Å². The summed E-state index contributed by atoms with van der Waals surface area (Å²) in [6, 6.07) is 4.80. The second-order valence-corrected chi connectivity index (χ2v) is 4.29. The molecule has 1 unspecified atom stereocenters. The van der Waals surface area contributed by atoms with E-state index in [1.54, 1.807) is 12.1 Å². The zero-order valence-corrected chi connectivity index (χ0v) is 10.2. The van der Waals surface area contributed by atoms with Crippen molar-refractivity contribution in [2.24, 2.45) is 5.84 Å². The Kier molecular flexibility index (Phi) is 3.81. The van der Waals surface area contributed by atoms with Gasteiger partial charge in [-0.05, 0) is 18.6 Å². The molecule has 1 fully saturated rings. The zero-order chi connectivity index (χ0) is 13.8. The number of rotatable bonds is 4. The molecule has 0 bridgehead atoms. The molecule has 0 aromatic heterocycles. The Balaban J connectivity index is 2.20. The molecule has 1 aromatic rings. The number of piperidine rings is 1. The van der Waals surface area contributed by atoms with Crippen LogP contribution in [0.5, 0.6) is 0 Å². The summed E-state index contributed by atoms with van der Waals surface area (Å²) in [6.45, 7) is 0.455. The Hall–Kier alpha value is -2.35. The minimum Gasteiger partial charge on any atom is -0.375 e. The third-order valence-corrected chi connectivity index (χ3v) is 3.00. The number of hydrogen-bond acceptors (Lipinski definition) is 6. The second kappa shape index (κ2) is 5.53. The predicted molar refractivity (Wildman–Crippen MR) is 70.6 cm³/mol. The highest BCUT2D eigenvalue weighted by Crippen LogP contribution is 2.32. The van der Waals surface area contributed by atoms with Gasteiger partial charge < -0.3 is 16.1 Å². The standard InChI is InChI=1S/C11H15N5O3/c12-15-9-3-1-2-8(11(9)16(18)19)14-7-4-5-10(17)13-6-7/h1-3,7,14-15H,4-6,12H2,(H,13,17). The largest absolute Gasteiger partial charge is 0.375 e. The van der Waals surface area contributed by atoms with Gasteiger partial charge in [0.15, 0.2) is 0 Å². The quantitative estimate of drug-likeness (QED) is 0.358. The number of hydrazine groups is 1. The Morgan fingerprint density at radius 1 is 1.42 bits per heavy atom. The van der Waals surface area contributed by atoms with Gasteiger partial charge in [-0.2, -0.15) is 0 Å². The molecule has 1 aliphatic rings. The van der Waals surface area contributed by atoms with E-state index in [4.69, 9.17) is 5.84 Å². The van der Waals surface area contributed by atoms with Gasteiger partial charge in [-0.15, -0.1) is 0 Å². The first-order chi connectivity index (χ1) is 9.11. The minimum atomic E-state index is -0.487. The molecule has 1 aromatic carbocycles. The van der Waals surface area contributed by atoms with Crippen LogP contribution < -0.4 is 21.9 Å². The number of para-hydroxylation sites is 1. The molecule has 1 amide bonds. The Morgan fingerprint density at radius 2 is 2.16 bits per heavy atom. The van der Waals surface area contributed by atoms with Gasteiger partial charge in [0.2, 0.25) is 5.91 Å². The molecule has 8 nitrogen and oxygen atoms in total. The van der Waals surface area contributed by atoms with Gasteiger partial charge in [0, 0.05) is 19.0 Å². The number of nitrogen functional groups attached to an aromatic ring is 1. The average Bonchev–Trinajstić information content (AvgIpc) is 2.40. The van der Waals surface area contributed by atoms with Crippen LogP contribution in [0.4, 0.5) is 17.1 Å². The molecule has 5 N–H and O–H groups in total. The molecular formula is C11H15N5O3. The summed E-state index contributed by atoms with van der Waals surface area (Å²) in [4.78, 5) is 21.7. The lowest BCUT2D eigenvalue weighted by Gasteiger charge is -2.24. The minimum absolute atomic E-state index is 0.00456. The smallest absolute Gasteiger partial charge is 0.316 e. The van der Waals surface area contributed by atoms with Gasteiger partial charge in [-0.1, -0.05) is 6.07 Å². The zero-order valence-electron chi connectivity index (χ0n) is 10.2. The van der Waals surface area contributed by atoms with Crippen molar-refractivity contribution < 1.29 is 9.72 Å². The number of nitro benzene ring substituents is 1. The van der Waals surface area contributed by atoms with Crippen LogP contribution in [0.3, 0.4) is 0 Å². The van der Waals surface area contributed by atoms with E-state index >= 15 is 0 Å². The van der Waals surface area contributed by atoms with E-state index in [1.165, 1.54) is 6.07 Å². The van der Waals surface area contributed by atoms with Crippen molar-refractivity contribution in [2.75, 3.05) is 17.3 Å². The maximum absolute atomic E-state index is 11.1. The highest BCUT2D eigenvalue weighted by atomic mass is 16.6. The Morgan fingerprint density at radius 3 is 2.74 bits per heavy atom. The van der Waals surface area contributed by atoms with Crippen LogP contribution in [0.2, 0.25) is 0 Å². The van der Waals surface area contributed by atoms with Gasteiger partial charge >= 0.3 is 5.69 Å². The lowest BCUT2D eigenvalue weighted by atomic mass is 10.1. The van der Waals surface area contributed by atoms with Gasteiger partial charge in [0.25, 0.3) is 0 Å². The van der Waals surface area contributed by atoms with Crippen molar-refractivity contribution in [3.8, 4) is 0 Å².